The fraction of sp³-hybridized carbons (Fsp3) is 0.500. The van der Waals surface area contributed by atoms with Crippen molar-refractivity contribution >= 4 is 17.5 Å². The number of alkyl halides is 3. The summed E-state index contributed by atoms with van der Waals surface area (Å²) in [7, 11) is 2.00. The minimum absolute atomic E-state index is 0.0296. The van der Waals surface area contributed by atoms with Crippen LogP contribution in [0, 0.1) is 5.92 Å². The third-order valence-electron chi connectivity index (χ3n) is 3.57. The van der Waals surface area contributed by atoms with Crippen molar-refractivity contribution in [1.29, 1.82) is 0 Å². The number of halogens is 4. The molecular formula is C14H16ClF3N2O. The first-order valence-electron chi connectivity index (χ1n) is 6.61. The highest BCUT2D eigenvalue weighted by molar-refractivity contribution is 6.31. The lowest BCUT2D eigenvalue weighted by Gasteiger charge is -2.13. The Hall–Kier alpha value is -1.27. The molecule has 7 heteroatoms. The molecular weight excluding hydrogens is 305 g/mol. The van der Waals surface area contributed by atoms with Gasteiger partial charge in [-0.3, -0.25) is 4.79 Å². The minimum atomic E-state index is -4.57. The van der Waals surface area contributed by atoms with Crippen LogP contribution in [0.5, 0.6) is 0 Å². The molecule has 2 rings (SSSR count). The van der Waals surface area contributed by atoms with Gasteiger partial charge >= 0.3 is 6.18 Å². The zero-order valence-corrected chi connectivity index (χ0v) is 12.3. The van der Waals surface area contributed by atoms with Gasteiger partial charge in [0.25, 0.3) is 5.91 Å². The molecule has 1 amide bonds. The summed E-state index contributed by atoms with van der Waals surface area (Å²) in [6.07, 6.45) is -3.59. The van der Waals surface area contributed by atoms with Crippen molar-refractivity contribution in [1.82, 2.24) is 10.2 Å². The summed E-state index contributed by atoms with van der Waals surface area (Å²) in [5.74, 6) is -0.167. The molecule has 1 aliphatic rings. The molecule has 1 heterocycles. The molecule has 1 fully saturated rings. The van der Waals surface area contributed by atoms with E-state index in [-0.39, 0.29) is 5.56 Å². The Balaban J connectivity index is 2.02. The first-order valence-corrected chi connectivity index (χ1v) is 6.98. The Morgan fingerprint density at radius 3 is 2.76 bits per heavy atom. The molecule has 0 bridgehead atoms. The average Bonchev–Trinajstić information content (AvgIpc) is 2.81. The molecule has 3 nitrogen and oxygen atoms in total. The lowest BCUT2D eigenvalue weighted by Crippen LogP contribution is -2.30. The van der Waals surface area contributed by atoms with E-state index < -0.39 is 22.7 Å². The molecule has 1 aromatic carbocycles. The summed E-state index contributed by atoms with van der Waals surface area (Å²) in [4.78, 5) is 14.1. The van der Waals surface area contributed by atoms with Crippen LogP contribution in [-0.4, -0.2) is 37.5 Å². The highest BCUT2D eigenvalue weighted by Gasteiger charge is 2.33. The quantitative estimate of drug-likeness (QED) is 0.928. The maximum Gasteiger partial charge on any atom is 0.417 e. The summed E-state index contributed by atoms with van der Waals surface area (Å²) in [5, 5.41) is 2.28. The standard InChI is InChI=1S/C14H16ClF3N2O/c1-20-5-4-9(8-20)7-19-13(21)10-2-3-12(15)11(6-10)14(16,17)18/h2-3,6,9H,4-5,7-8H2,1H3,(H,19,21). The SMILES string of the molecule is CN1CCC(CNC(=O)c2ccc(Cl)c(C(F)(F)F)c2)C1. The first kappa shape index (κ1) is 16.1. The van der Waals surface area contributed by atoms with Gasteiger partial charge in [0.15, 0.2) is 0 Å². The fourth-order valence-electron chi connectivity index (χ4n) is 2.42. The molecule has 0 saturated carbocycles. The Bertz CT molecular complexity index is 533. The third-order valence-corrected chi connectivity index (χ3v) is 3.90. The van der Waals surface area contributed by atoms with Crippen molar-refractivity contribution < 1.29 is 18.0 Å². The monoisotopic (exact) mass is 320 g/mol. The van der Waals surface area contributed by atoms with E-state index in [4.69, 9.17) is 11.6 Å². The molecule has 21 heavy (non-hydrogen) atoms. The maximum atomic E-state index is 12.7. The van der Waals surface area contributed by atoms with Gasteiger partial charge in [-0.15, -0.1) is 0 Å². The molecule has 1 saturated heterocycles. The number of nitrogens with one attached hydrogen (secondary N) is 1. The second-order valence-electron chi connectivity index (χ2n) is 5.32. The summed E-state index contributed by atoms with van der Waals surface area (Å²) in [6.45, 7) is 2.32. The van der Waals surface area contributed by atoms with E-state index in [9.17, 15) is 18.0 Å². The zero-order valence-electron chi connectivity index (χ0n) is 11.5. The molecule has 1 unspecified atom stereocenters. The summed E-state index contributed by atoms with van der Waals surface area (Å²) >= 11 is 5.53. The fourth-order valence-corrected chi connectivity index (χ4v) is 2.64. The number of likely N-dealkylation sites (tertiary alicyclic amines) is 1. The molecule has 0 radical (unpaired) electrons. The molecule has 1 atom stereocenters. The van der Waals surface area contributed by atoms with Gasteiger partial charge in [0.05, 0.1) is 10.6 Å². The second kappa shape index (κ2) is 6.23. The highest BCUT2D eigenvalue weighted by Crippen LogP contribution is 2.35. The average molecular weight is 321 g/mol. The van der Waals surface area contributed by atoms with Gasteiger partial charge in [0.2, 0.25) is 0 Å². The van der Waals surface area contributed by atoms with Crippen LogP contribution in [0.4, 0.5) is 13.2 Å². The lowest BCUT2D eigenvalue weighted by atomic mass is 10.1. The van der Waals surface area contributed by atoms with Gasteiger partial charge in [-0.1, -0.05) is 11.6 Å². The van der Waals surface area contributed by atoms with E-state index in [1.165, 1.54) is 6.07 Å². The van der Waals surface area contributed by atoms with Crippen LogP contribution in [0.15, 0.2) is 18.2 Å². The Morgan fingerprint density at radius 2 is 2.19 bits per heavy atom. The Kier molecular flexibility index (Phi) is 4.78. The van der Waals surface area contributed by atoms with E-state index >= 15 is 0 Å². The van der Waals surface area contributed by atoms with Crippen LogP contribution in [0.25, 0.3) is 0 Å². The number of benzene rings is 1. The van der Waals surface area contributed by atoms with Crippen LogP contribution >= 0.6 is 11.6 Å². The van der Waals surface area contributed by atoms with Crippen molar-refractivity contribution in [2.75, 3.05) is 26.7 Å². The van der Waals surface area contributed by atoms with Crippen molar-refractivity contribution in [3.05, 3.63) is 34.3 Å². The van der Waals surface area contributed by atoms with Gasteiger partial charge in [-0.05, 0) is 44.1 Å². The number of carbonyl (C=O) groups excluding carboxylic acids is 1. The number of rotatable bonds is 3. The first-order chi connectivity index (χ1) is 9.77. The zero-order chi connectivity index (χ0) is 15.6. The summed E-state index contributed by atoms with van der Waals surface area (Å²) in [6, 6.07) is 3.19. The summed E-state index contributed by atoms with van der Waals surface area (Å²) in [5.41, 5.74) is -1.02. The van der Waals surface area contributed by atoms with Gasteiger partial charge in [0.1, 0.15) is 0 Å². The molecule has 116 valence electrons. The van der Waals surface area contributed by atoms with E-state index in [0.29, 0.717) is 12.5 Å². The lowest BCUT2D eigenvalue weighted by molar-refractivity contribution is -0.137. The number of carbonyl (C=O) groups is 1. The normalized spacial score (nSPS) is 19.8. The Labute approximate surface area is 126 Å². The molecule has 0 aromatic heterocycles. The number of hydrogen-bond acceptors (Lipinski definition) is 2. The van der Waals surface area contributed by atoms with E-state index in [2.05, 4.69) is 10.2 Å². The van der Waals surface area contributed by atoms with Gasteiger partial charge < -0.3 is 10.2 Å². The predicted octanol–water partition coefficient (Wildman–Crippen LogP) is 3.04. The molecule has 1 aromatic rings. The van der Waals surface area contributed by atoms with Crippen LogP contribution < -0.4 is 5.32 Å². The smallest absolute Gasteiger partial charge is 0.352 e. The highest BCUT2D eigenvalue weighted by atomic mass is 35.5. The summed E-state index contributed by atoms with van der Waals surface area (Å²) < 4.78 is 38.2. The van der Waals surface area contributed by atoms with Crippen LogP contribution in [0.1, 0.15) is 22.3 Å². The largest absolute Gasteiger partial charge is 0.417 e. The molecule has 1 N–H and O–H groups in total. The second-order valence-corrected chi connectivity index (χ2v) is 5.73. The molecule has 0 aliphatic carbocycles. The van der Waals surface area contributed by atoms with Crippen LogP contribution in [0.3, 0.4) is 0 Å². The van der Waals surface area contributed by atoms with Crippen LogP contribution in [-0.2, 0) is 6.18 Å². The van der Waals surface area contributed by atoms with E-state index in [0.717, 1.165) is 31.6 Å². The molecule has 1 aliphatic heterocycles. The topological polar surface area (TPSA) is 32.3 Å². The third kappa shape index (κ3) is 4.11. The van der Waals surface area contributed by atoms with Crippen molar-refractivity contribution in [2.24, 2.45) is 5.92 Å². The molecule has 0 spiro atoms. The van der Waals surface area contributed by atoms with Crippen molar-refractivity contribution in [2.45, 2.75) is 12.6 Å². The number of amides is 1. The minimum Gasteiger partial charge on any atom is -0.352 e. The van der Waals surface area contributed by atoms with Gasteiger partial charge in [-0.2, -0.15) is 13.2 Å². The van der Waals surface area contributed by atoms with Gasteiger partial charge in [0, 0.05) is 18.7 Å². The van der Waals surface area contributed by atoms with E-state index in [1.54, 1.807) is 0 Å². The predicted molar refractivity (Wildman–Crippen MR) is 74.4 cm³/mol. The maximum absolute atomic E-state index is 12.7. The van der Waals surface area contributed by atoms with Crippen molar-refractivity contribution in [3.8, 4) is 0 Å². The Morgan fingerprint density at radius 1 is 1.48 bits per heavy atom. The van der Waals surface area contributed by atoms with Crippen LogP contribution in [0.2, 0.25) is 5.02 Å². The van der Waals surface area contributed by atoms with E-state index in [1.807, 2.05) is 7.05 Å². The number of nitrogens with zero attached hydrogens (tertiary/aromatic N) is 1. The van der Waals surface area contributed by atoms with Crippen molar-refractivity contribution in [3.63, 3.8) is 0 Å². The number of hydrogen-bond donors (Lipinski definition) is 1. The van der Waals surface area contributed by atoms with Gasteiger partial charge in [-0.25, -0.2) is 0 Å².